The van der Waals surface area contributed by atoms with Crippen LogP contribution < -0.4 is 11.1 Å². The molecule has 3 amide bonds. The third kappa shape index (κ3) is 5.35. The summed E-state index contributed by atoms with van der Waals surface area (Å²) >= 11 is 1.09. The van der Waals surface area contributed by atoms with E-state index in [1.807, 2.05) is 5.32 Å². The summed E-state index contributed by atoms with van der Waals surface area (Å²) in [6.07, 6.45) is 1.64. The number of carbonyl (C=O) groups is 2. The van der Waals surface area contributed by atoms with Gasteiger partial charge in [-0.2, -0.15) is 4.31 Å². The van der Waals surface area contributed by atoms with Crippen molar-refractivity contribution in [3.8, 4) is 11.4 Å². The Kier molecular flexibility index (Phi) is 7.66. The summed E-state index contributed by atoms with van der Waals surface area (Å²) in [5, 5.41) is 10.1. The number of primary amides is 1. The third-order valence-electron chi connectivity index (χ3n) is 4.63. The van der Waals surface area contributed by atoms with Crippen LogP contribution in [0.25, 0.3) is 11.4 Å². The van der Waals surface area contributed by atoms with Gasteiger partial charge in [0.1, 0.15) is 0 Å². The number of nitrogens with two attached hydrogens (primary N) is 1. The maximum Gasteiger partial charge on any atom is 0.318 e. The summed E-state index contributed by atoms with van der Waals surface area (Å²) in [6, 6.07) is 5.53. The monoisotopic (exact) mass is 480 g/mol. The van der Waals surface area contributed by atoms with Gasteiger partial charge in [-0.05, 0) is 19.1 Å². The molecule has 2 aromatic rings. The van der Waals surface area contributed by atoms with E-state index in [1.165, 1.54) is 10.4 Å². The zero-order chi connectivity index (χ0) is 23.3. The molecule has 32 heavy (non-hydrogen) atoms. The highest BCUT2D eigenvalue weighted by Crippen LogP contribution is 2.29. The Labute approximate surface area is 190 Å². The van der Waals surface area contributed by atoms with Crippen molar-refractivity contribution >= 4 is 33.7 Å². The zero-order valence-corrected chi connectivity index (χ0v) is 19.1. The third-order valence-corrected chi connectivity index (χ3v) is 7.60. The number of carbonyl (C=O) groups excluding carboxylic acids is 2. The van der Waals surface area contributed by atoms with Crippen LogP contribution >= 0.6 is 11.8 Å². The van der Waals surface area contributed by atoms with Gasteiger partial charge in [0.2, 0.25) is 15.9 Å². The van der Waals surface area contributed by atoms with Gasteiger partial charge in [-0.3, -0.25) is 14.7 Å². The van der Waals surface area contributed by atoms with E-state index < -0.39 is 27.2 Å². The number of benzene rings is 1. The van der Waals surface area contributed by atoms with Crippen LogP contribution in [-0.4, -0.2) is 71.0 Å². The molecule has 0 aliphatic carbocycles. The number of ether oxygens (including phenoxy) is 1. The minimum Gasteiger partial charge on any atom is -0.379 e. The number of urea groups is 1. The number of nitrogens with one attached hydrogen (secondary N) is 1. The lowest BCUT2D eigenvalue weighted by molar-refractivity contribution is -0.119. The van der Waals surface area contributed by atoms with Gasteiger partial charge >= 0.3 is 6.03 Å². The van der Waals surface area contributed by atoms with Crippen molar-refractivity contribution in [3.63, 3.8) is 0 Å². The Morgan fingerprint density at radius 2 is 2.06 bits per heavy atom. The molecule has 11 nitrogen and oxygen atoms in total. The van der Waals surface area contributed by atoms with Crippen LogP contribution in [0, 0.1) is 0 Å². The fraction of sp³-hybridized carbons (Fsp3) is 0.368. The lowest BCUT2D eigenvalue weighted by Gasteiger charge is -2.26. The molecule has 1 aliphatic heterocycles. The van der Waals surface area contributed by atoms with E-state index in [2.05, 4.69) is 16.8 Å². The predicted molar refractivity (Wildman–Crippen MR) is 118 cm³/mol. The first kappa shape index (κ1) is 23.9. The molecule has 2 heterocycles. The molecule has 1 fully saturated rings. The number of nitrogens with zero attached hydrogens (tertiary/aromatic N) is 4. The van der Waals surface area contributed by atoms with Crippen molar-refractivity contribution < 1.29 is 22.7 Å². The Morgan fingerprint density at radius 1 is 1.34 bits per heavy atom. The number of thioether (sulfide) groups is 1. The quantitative estimate of drug-likeness (QED) is 0.417. The molecule has 1 aliphatic rings. The number of aromatic nitrogens is 3. The predicted octanol–water partition coefficient (Wildman–Crippen LogP) is 0.828. The number of sulfonamides is 1. The SMILES string of the molecule is C=CCn1c(SC(C)C(=O)NC(N)=O)nnc1-c1cccc(S(=O)(=O)N2CCOCC2)c1. The van der Waals surface area contributed by atoms with Crippen molar-refractivity contribution in [2.45, 2.75) is 28.8 Å². The smallest absolute Gasteiger partial charge is 0.318 e. The zero-order valence-electron chi connectivity index (χ0n) is 17.4. The summed E-state index contributed by atoms with van der Waals surface area (Å²) in [5.74, 6) is -0.134. The van der Waals surface area contributed by atoms with Gasteiger partial charge < -0.3 is 10.5 Å². The summed E-state index contributed by atoms with van der Waals surface area (Å²) in [7, 11) is -3.68. The molecule has 3 N–H and O–H groups in total. The number of rotatable bonds is 8. The number of hydrogen-bond donors (Lipinski definition) is 2. The normalized spacial score (nSPS) is 15.8. The van der Waals surface area contributed by atoms with Gasteiger partial charge in [0, 0.05) is 25.2 Å². The van der Waals surface area contributed by atoms with Crippen LogP contribution in [0.15, 0.2) is 47.0 Å². The molecule has 1 unspecified atom stereocenters. The van der Waals surface area contributed by atoms with E-state index >= 15 is 0 Å². The van der Waals surface area contributed by atoms with Crippen molar-refractivity contribution in [2.24, 2.45) is 5.73 Å². The molecule has 1 aromatic carbocycles. The van der Waals surface area contributed by atoms with Crippen LogP contribution in [0.4, 0.5) is 4.79 Å². The van der Waals surface area contributed by atoms with Gasteiger partial charge in [0.05, 0.1) is 23.4 Å². The number of allylic oxidation sites excluding steroid dienone is 1. The van der Waals surface area contributed by atoms with Gasteiger partial charge in [-0.15, -0.1) is 16.8 Å². The Hall–Kier alpha value is -2.74. The summed E-state index contributed by atoms with van der Waals surface area (Å²) in [6.45, 7) is 6.98. The average molecular weight is 481 g/mol. The lowest BCUT2D eigenvalue weighted by atomic mass is 10.2. The Balaban J connectivity index is 1.91. The topological polar surface area (TPSA) is 150 Å². The summed E-state index contributed by atoms with van der Waals surface area (Å²) < 4.78 is 34.4. The van der Waals surface area contributed by atoms with Crippen molar-refractivity contribution in [1.82, 2.24) is 24.4 Å². The van der Waals surface area contributed by atoms with E-state index in [4.69, 9.17) is 10.5 Å². The number of imide groups is 1. The minimum atomic E-state index is -3.68. The fourth-order valence-corrected chi connectivity index (χ4v) is 5.36. The van der Waals surface area contributed by atoms with Crippen molar-refractivity contribution in [1.29, 1.82) is 0 Å². The highest BCUT2D eigenvalue weighted by atomic mass is 32.2. The molecule has 0 saturated carbocycles. The first-order valence-corrected chi connectivity index (χ1v) is 12.1. The molecule has 0 radical (unpaired) electrons. The van der Waals surface area contributed by atoms with Crippen LogP contribution in [0.3, 0.4) is 0 Å². The number of amides is 3. The second-order valence-electron chi connectivity index (χ2n) is 6.86. The number of morpholine rings is 1. The standard InChI is InChI=1S/C19H24N6O5S2/c1-3-7-25-16(22-23-19(25)31-13(2)17(26)21-18(20)27)14-5-4-6-15(12-14)32(28,29)24-8-10-30-11-9-24/h3-6,12-13H,1,7-11H2,2H3,(H3,20,21,26,27). The summed E-state index contributed by atoms with van der Waals surface area (Å²) in [5.41, 5.74) is 5.55. The van der Waals surface area contributed by atoms with Crippen molar-refractivity contribution in [2.75, 3.05) is 26.3 Å². The van der Waals surface area contributed by atoms with Crippen LogP contribution in [0.2, 0.25) is 0 Å². The van der Waals surface area contributed by atoms with Gasteiger partial charge in [0.25, 0.3) is 0 Å². The molecule has 1 aromatic heterocycles. The molecule has 1 saturated heterocycles. The Bertz CT molecular complexity index is 1110. The lowest BCUT2D eigenvalue weighted by Crippen LogP contribution is -2.40. The first-order valence-electron chi connectivity index (χ1n) is 9.73. The van der Waals surface area contributed by atoms with Crippen LogP contribution in [0.1, 0.15) is 6.92 Å². The van der Waals surface area contributed by atoms with E-state index in [-0.39, 0.29) is 4.90 Å². The van der Waals surface area contributed by atoms with Gasteiger partial charge in [0.15, 0.2) is 11.0 Å². The number of hydrogen-bond acceptors (Lipinski definition) is 8. The Morgan fingerprint density at radius 3 is 2.72 bits per heavy atom. The van der Waals surface area contributed by atoms with E-state index in [0.717, 1.165) is 11.8 Å². The molecule has 3 rings (SSSR count). The average Bonchev–Trinajstić information content (AvgIpc) is 3.16. The molecule has 0 spiro atoms. The van der Waals surface area contributed by atoms with Crippen molar-refractivity contribution in [3.05, 3.63) is 36.9 Å². The van der Waals surface area contributed by atoms with Gasteiger partial charge in [-0.1, -0.05) is 30.0 Å². The molecular weight excluding hydrogens is 456 g/mol. The molecular formula is C19H24N6O5S2. The van der Waals surface area contributed by atoms with E-state index in [0.29, 0.717) is 49.4 Å². The van der Waals surface area contributed by atoms with E-state index in [9.17, 15) is 18.0 Å². The first-order chi connectivity index (χ1) is 15.2. The summed E-state index contributed by atoms with van der Waals surface area (Å²) in [4.78, 5) is 23.1. The maximum absolute atomic E-state index is 13.0. The molecule has 172 valence electrons. The maximum atomic E-state index is 13.0. The second-order valence-corrected chi connectivity index (χ2v) is 10.1. The van der Waals surface area contributed by atoms with Gasteiger partial charge in [-0.25, -0.2) is 13.2 Å². The fourth-order valence-electron chi connectivity index (χ4n) is 3.05. The molecule has 0 bridgehead atoms. The highest BCUT2D eigenvalue weighted by molar-refractivity contribution is 8.00. The molecule has 1 atom stereocenters. The molecule has 13 heteroatoms. The highest BCUT2D eigenvalue weighted by Gasteiger charge is 2.27. The van der Waals surface area contributed by atoms with Crippen LogP contribution in [0.5, 0.6) is 0 Å². The van der Waals surface area contributed by atoms with Crippen LogP contribution in [-0.2, 0) is 26.1 Å². The minimum absolute atomic E-state index is 0.147. The largest absolute Gasteiger partial charge is 0.379 e. The second kappa shape index (κ2) is 10.3. The van der Waals surface area contributed by atoms with E-state index in [1.54, 1.807) is 35.8 Å².